The Hall–Kier alpha value is -0.880. The summed E-state index contributed by atoms with van der Waals surface area (Å²) in [6.45, 7) is 18.4. The molecule has 2 aromatic carbocycles. The Morgan fingerprint density at radius 1 is 0.830 bits per heavy atom. The molecule has 0 amide bonds. The summed E-state index contributed by atoms with van der Waals surface area (Å²) in [5.41, 5.74) is 1.69. The molecule has 47 heavy (non-hydrogen) atoms. The zero-order chi connectivity index (χ0) is 34.0. The van der Waals surface area contributed by atoms with Crippen molar-refractivity contribution in [2.24, 2.45) is 11.8 Å². The molecule has 0 spiro atoms. The molecule has 2 unspecified atom stereocenters. The van der Waals surface area contributed by atoms with Crippen molar-refractivity contribution in [2.75, 3.05) is 27.4 Å². The van der Waals surface area contributed by atoms with Gasteiger partial charge in [-0.3, -0.25) is 0 Å². The number of aliphatic hydroxyl groups excluding tert-OH is 1. The third-order valence-electron chi connectivity index (χ3n) is 9.14. The number of rotatable bonds is 10. The van der Waals surface area contributed by atoms with Gasteiger partial charge in [0.25, 0.3) is 0 Å². The van der Waals surface area contributed by atoms with Gasteiger partial charge in [0.1, 0.15) is 12.2 Å². The quantitative estimate of drug-likeness (QED) is 0.201. The van der Waals surface area contributed by atoms with E-state index in [-0.39, 0.29) is 60.8 Å². The molecular weight excluding hydrogens is 671 g/mol. The van der Waals surface area contributed by atoms with E-state index < -0.39 is 18.0 Å². The first-order chi connectivity index (χ1) is 22.2. The second-order valence-electron chi connectivity index (χ2n) is 11.7. The first-order valence-corrected chi connectivity index (χ1v) is 17.5. The summed E-state index contributed by atoms with van der Waals surface area (Å²) in [5.74, 6) is 0.235. The van der Waals surface area contributed by atoms with E-state index in [1.54, 1.807) is 13.2 Å². The van der Waals surface area contributed by atoms with Gasteiger partial charge in [-0.05, 0) is 36.8 Å². The molecule has 8 atom stereocenters. The fraction of sp³-hybridized carbons (Fsp3) is 0.579. The van der Waals surface area contributed by atoms with Crippen LogP contribution in [0.4, 0.5) is 0 Å². The molecule has 9 heteroatoms. The van der Waals surface area contributed by atoms with Gasteiger partial charge < -0.3 is 35.0 Å². The maximum Gasteiger partial charge on any atom is 1.00 e. The van der Waals surface area contributed by atoms with E-state index in [4.69, 9.17) is 28.4 Å². The second-order valence-corrected chi connectivity index (χ2v) is 12.3. The van der Waals surface area contributed by atoms with Crippen molar-refractivity contribution in [1.82, 2.24) is 0 Å². The minimum absolute atomic E-state index is 0. The monoisotopic (exact) mass is 728 g/mol. The normalized spacial score (nSPS) is 30.7. The van der Waals surface area contributed by atoms with Crippen LogP contribution in [0.3, 0.4) is 0 Å². The summed E-state index contributed by atoms with van der Waals surface area (Å²) in [5, 5.41) is 10.7. The number of methoxy groups -OCH3 is 2. The first-order valence-electron chi connectivity index (χ1n) is 16.4. The van der Waals surface area contributed by atoms with Gasteiger partial charge in [0.2, 0.25) is 0 Å². The Kier molecular flexibility index (Phi) is 22.1. The summed E-state index contributed by atoms with van der Waals surface area (Å²) in [6, 6.07) is 20.4. The van der Waals surface area contributed by atoms with Crippen molar-refractivity contribution in [3.63, 3.8) is 0 Å². The molecule has 2 aromatic rings. The van der Waals surface area contributed by atoms with E-state index in [9.17, 15) is 5.11 Å². The van der Waals surface area contributed by atoms with E-state index in [0.717, 1.165) is 36.9 Å². The zero-order valence-electron chi connectivity index (χ0n) is 30.7. The van der Waals surface area contributed by atoms with Crippen molar-refractivity contribution < 1.29 is 64.5 Å². The van der Waals surface area contributed by atoms with E-state index in [1.807, 2.05) is 56.3 Å². The van der Waals surface area contributed by atoms with Gasteiger partial charge >= 0.3 is 29.6 Å². The summed E-state index contributed by atoms with van der Waals surface area (Å²) in [6.07, 6.45) is 6.35. The van der Waals surface area contributed by atoms with Crippen molar-refractivity contribution in [3.05, 3.63) is 97.1 Å². The standard InChI is InChI=1S/C17H24O3.C10H18O3.C7H7Br.C4H8O.Na.H/c1-5-17(6-2)13(3)15(16(18-4)20-17)19-12-14-10-8-7-9-11-14;1-5-10(6-2)7(3)8(11)9(12-4)13-10;8-6-7-4-2-1-3-5-7;1-2-4-5-3-1;;/h5,7-11,13,15-16H,1,6,12H2,2-4H3;5,7-9,11H,1,6H2,2-4H3;1-5H,6H2;1-4H2;;/q;;;;+1;-1/t13-,15+,16?,17+;7-,8+,9?,10+;;;;/m00..../s1. The number of benzene rings is 2. The van der Waals surface area contributed by atoms with Crippen molar-refractivity contribution in [1.29, 1.82) is 0 Å². The molecule has 3 aliphatic rings. The number of hydrogen-bond acceptors (Lipinski definition) is 7. The first kappa shape index (κ1) is 44.1. The smallest absolute Gasteiger partial charge is 1.00 e. The molecule has 1 N–H and O–H groups in total. The Morgan fingerprint density at radius 3 is 1.64 bits per heavy atom. The minimum atomic E-state index is -0.567. The SMILES string of the molecule is BrCc1ccccc1.C1CCOC1.C=C[C@]1(CC)OC(OC)[C@H](O)[C@@H]1C.C=C[C@]1(CC)OC(OC)[C@H](OCc2ccccc2)[C@@H]1C.[H-].[Na+]. The molecule has 7 nitrogen and oxygen atoms in total. The molecule has 0 aromatic heterocycles. The van der Waals surface area contributed by atoms with Gasteiger partial charge in [-0.1, -0.05) is 116 Å². The summed E-state index contributed by atoms with van der Waals surface area (Å²) >= 11 is 3.36. The number of ether oxygens (including phenoxy) is 6. The Balaban J connectivity index is 0.000000676. The maximum atomic E-state index is 9.76. The maximum absolute atomic E-state index is 9.76. The Bertz CT molecular complexity index is 1110. The fourth-order valence-corrected chi connectivity index (χ4v) is 6.20. The van der Waals surface area contributed by atoms with Crippen LogP contribution >= 0.6 is 15.9 Å². The van der Waals surface area contributed by atoms with Crippen molar-refractivity contribution in [3.8, 4) is 0 Å². The van der Waals surface area contributed by atoms with Gasteiger partial charge in [0.15, 0.2) is 12.6 Å². The molecule has 3 saturated heterocycles. The van der Waals surface area contributed by atoms with Crippen LogP contribution < -0.4 is 29.6 Å². The van der Waals surface area contributed by atoms with Crippen LogP contribution in [0, 0.1) is 11.8 Å². The average Bonchev–Trinajstić information content (AvgIpc) is 3.85. The number of halogens is 1. The van der Waals surface area contributed by atoms with Gasteiger partial charge in [-0.25, -0.2) is 0 Å². The van der Waals surface area contributed by atoms with Gasteiger partial charge in [-0.2, -0.15) is 0 Å². The molecule has 0 saturated carbocycles. The van der Waals surface area contributed by atoms with E-state index in [1.165, 1.54) is 25.5 Å². The minimum Gasteiger partial charge on any atom is -1.00 e. The molecule has 3 aliphatic heterocycles. The van der Waals surface area contributed by atoms with Gasteiger partial charge in [0.05, 0.1) is 17.8 Å². The number of hydrogen-bond donors (Lipinski definition) is 1. The Labute approximate surface area is 316 Å². The van der Waals surface area contributed by atoms with E-state index in [2.05, 4.69) is 67.2 Å². The summed E-state index contributed by atoms with van der Waals surface area (Å²) < 4.78 is 33.2. The Morgan fingerprint density at radius 2 is 1.30 bits per heavy atom. The fourth-order valence-electron chi connectivity index (χ4n) is 5.83. The molecule has 0 bridgehead atoms. The third kappa shape index (κ3) is 12.7. The predicted molar refractivity (Wildman–Crippen MR) is 190 cm³/mol. The number of aliphatic hydroxyl groups is 1. The van der Waals surface area contributed by atoms with Crippen molar-refractivity contribution >= 4 is 15.9 Å². The predicted octanol–water partition coefficient (Wildman–Crippen LogP) is 5.36. The largest absolute Gasteiger partial charge is 1.00 e. The van der Waals surface area contributed by atoms with Crippen LogP contribution in [0.15, 0.2) is 86.0 Å². The van der Waals surface area contributed by atoms with Crippen molar-refractivity contribution in [2.45, 2.75) is 101 Å². The van der Waals surface area contributed by atoms with Crippen LogP contribution in [0.5, 0.6) is 0 Å². The van der Waals surface area contributed by atoms with Gasteiger partial charge in [-0.15, -0.1) is 13.2 Å². The summed E-state index contributed by atoms with van der Waals surface area (Å²) in [4.78, 5) is 0. The molecule has 3 fully saturated rings. The summed E-state index contributed by atoms with van der Waals surface area (Å²) in [7, 11) is 3.19. The number of alkyl halides is 1. The average molecular weight is 730 g/mol. The van der Waals surface area contributed by atoms with E-state index >= 15 is 0 Å². The third-order valence-corrected chi connectivity index (χ3v) is 9.78. The molecule has 5 rings (SSSR count). The molecule has 3 heterocycles. The molecule has 0 aliphatic carbocycles. The van der Waals surface area contributed by atoms with Crippen LogP contribution in [-0.4, -0.2) is 68.5 Å². The van der Waals surface area contributed by atoms with Crippen LogP contribution in [0.2, 0.25) is 0 Å². The van der Waals surface area contributed by atoms with Crippen LogP contribution in [0.1, 0.15) is 65.9 Å². The second kappa shape index (κ2) is 23.5. The van der Waals surface area contributed by atoms with Crippen LogP contribution in [0.25, 0.3) is 0 Å². The molecule has 0 radical (unpaired) electrons. The van der Waals surface area contributed by atoms with Gasteiger partial charge in [0, 0.05) is 44.6 Å². The molecule has 260 valence electrons. The van der Waals surface area contributed by atoms with E-state index in [0.29, 0.717) is 6.61 Å². The topological polar surface area (TPSA) is 75.6 Å². The van der Waals surface area contributed by atoms with Crippen LogP contribution in [-0.2, 0) is 40.4 Å². The zero-order valence-corrected chi connectivity index (χ0v) is 33.3. The molecular formula is C38H58BrNaO7.